The van der Waals surface area contributed by atoms with E-state index < -0.39 is 0 Å². The largest absolute Gasteiger partial charge is 0.497 e. The zero-order valence-electron chi connectivity index (χ0n) is 16.8. The number of allylic oxidation sites excluding steroid dienone is 1. The molecule has 1 aromatic heterocycles. The standard InChI is InChI=1S/C25H19FN2O3/c1-16(23(29)15-17-3-13-22(30-2)14-4-17)18-5-7-19(8-6-18)24-27-25(31-28-24)20-9-11-21(26)12-10-20/h3-14H,1,15H2,2H3. The second kappa shape index (κ2) is 8.75. The number of rotatable bonds is 7. The van der Waals surface area contributed by atoms with Crippen molar-refractivity contribution in [2.75, 3.05) is 7.11 Å². The van der Waals surface area contributed by atoms with E-state index in [1.54, 1.807) is 43.5 Å². The molecule has 0 N–H and O–H groups in total. The first-order valence-electron chi connectivity index (χ1n) is 9.59. The Hall–Kier alpha value is -4.06. The molecular formula is C25H19FN2O3. The molecule has 0 fully saturated rings. The number of ketones is 1. The highest BCUT2D eigenvalue weighted by Crippen LogP contribution is 2.24. The quantitative estimate of drug-likeness (QED) is 0.380. The van der Waals surface area contributed by atoms with Gasteiger partial charge in [0, 0.05) is 23.1 Å². The zero-order valence-corrected chi connectivity index (χ0v) is 16.8. The van der Waals surface area contributed by atoms with Gasteiger partial charge in [0.15, 0.2) is 5.78 Å². The number of carbonyl (C=O) groups excluding carboxylic acids is 1. The summed E-state index contributed by atoms with van der Waals surface area (Å²) < 4.78 is 23.5. The summed E-state index contributed by atoms with van der Waals surface area (Å²) in [6, 6.07) is 20.4. The number of hydrogen-bond donors (Lipinski definition) is 0. The molecule has 31 heavy (non-hydrogen) atoms. The van der Waals surface area contributed by atoms with Gasteiger partial charge in [0.1, 0.15) is 11.6 Å². The van der Waals surface area contributed by atoms with Crippen molar-refractivity contribution in [2.24, 2.45) is 0 Å². The Balaban J connectivity index is 1.45. The second-order valence-corrected chi connectivity index (χ2v) is 6.93. The molecule has 5 nitrogen and oxygen atoms in total. The van der Waals surface area contributed by atoms with Gasteiger partial charge in [0.2, 0.25) is 5.82 Å². The van der Waals surface area contributed by atoms with E-state index in [-0.39, 0.29) is 18.0 Å². The lowest BCUT2D eigenvalue weighted by Gasteiger charge is -2.07. The molecular weight excluding hydrogens is 395 g/mol. The number of ether oxygens (including phenoxy) is 1. The molecule has 1 heterocycles. The molecule has 0 atom stereocenters. The Morgan fingerprint density at radius 3 is 2.26 bits per heavy atom. The summed E-state index contributed by atoms with van der Waals surface area (Å²) in [5, 5.41) is 3.99. The van der Waals surface area contributed by atoms with Crippen LogP contribution in [0.5, 0.6) is 5.75 Å². The number of halogens is 1. The van der Waals surface area contributed by atoms with Gasteiger partial charge in [-0.05, 0) is 47.5 Å². The lowest BCUT2D eigenvalue weighted by Crippen LogP contribution is -2.05. The van der Waals surface area contributed by atoms with E-state index in [0.717, 1.165) is 22.4 Å². The predicted molar refractivity (Wildman–Crippen MR) is 116 cm³/mol. The van der Waals surface area contributed by atoms with E-state index >= 15 is 0 Å². The van der Waals surface area contributed by atoms with Crippen LogP contribution in [-0.2, 0) is 11.2 Å². The molecule has 0 radical (unpaired) electrons. The van der Waals surface area contributed by atoms with Gasteiger partial charge in [-0.2, -0.15) is 4.98 Å². The van der Waals surface area contributed by atoms with Crippen LogP contribution in [0.15, 0.2) is 83.9 Å². The fourth-order valence-corrected chi connectivity index (χ4v) is 3.07. The molecule has 4 rings (SSSR count). The van der Waals surface area contributed by atoms with Crippen LogP contribution in [0.1, 0.15) is 11.1 Å². The summed E-state index contributed by atoms with van der Waals surface area (Å²) >= 11 is 0. The van der Waals surface area contributed by atoms with E-state index in [9.17, 15) is 9.18 Å². The van der Waals surface area contributed by atoms with Crippen LogP contribution in [0.2, 0.25) is 0 Å². The minimum atomic E-state index is -0.333. The number of benzene rings is 3. The van der Waals surface area contributed by atoms with Gasteiger partial charge in [-0.15, -0.1) is 0 Å². The van der Waals surface area contributed by atoms with E-state index in [4.69, 9.17) is 9.26 Å². The number of hydrogen-bond acceptors (Lipinski definition) is 5. The molecule has 4 aromatic rings. The van der Waals surface area contributed by atoms with Crippen molar-refractivity contribution in [3.63, 3.8) is 0 Å². The topological polar surface area (TPSA) is 65.2 Å². The van der Waals surface area contributed by atoms with Crippen LogP contribution in [0.4, 0.5) is 4.39 Å². The molecule has 0 bridgehead atoms. The van der Waals surface area contributed by atoms with Crippen molar-refractivity contribution in [3.8, 4) is 28.6 Å². The van der Waals surface area contributed by atoms with Crippen molar-refractivity contribution in [2.45, 2.75) is 6.42 Å². The SMILES string of the molecule is C=C(C(=O)Cc1ccc(OC)cc1)c1ccc(-c2noc(-c3ccc(F)cc3)n2)cc1. The smallest absolute Gasteiger partial charge is 0.258 e. The van der Waals surface area contributed by atoms with Gasteiger partial charge in [0.25, 0.3) is 5.89 Å². The maximum absolute atomic E-state index is 13.1. The maximum Gasteiger partial charge on any atom is 0.258 e. The summed E-state index contributed by atoms with van der Waals surface area (Å²) in [6.07, 6.45) is 0.260. The van der Waals surface area contributed by atoms with E-state index in [2.05, 4.69) is 16.7 Å². The first-order valence-corrected chi connectivity index (χ1v) is 9.59. The summed E-state index contributed by atoms with van der Waals surface area (Å²) in [5.74, 6) is 1.06. The van der Waals surface area contributed by atoms with E-state index in [1.807, 2.05) is 24.3 Å². The van der Waals surface area contributed by atoms with Gasteiger partial charge >= 0.3 is 0 Å². The normalized spacial score (nSPS) is 10.6. The fraction of sp³-hybridized carbons (Fsp3) is 0.0800. The van der Waals surface area contributed by atoms with Gasteiger partial charge in [-0.25, -0.2) is 4.39 Å². The molecule has 154 valence electrons. The maximum atomic E-state index is 13.1. The average molecular weight is 414 g/mol. The molecule has 0 amide bonds. The highest BCUT2D eigenvalue weighted by atomic mass is 19.1. The number of aromatic nitrogens is 2. The minimum absolute atomic E-state index is 0.0592. The van der Waals surface area contributed by atoms with Crippen molar-refractivity contribution < 1.29 is 18.4 Å². The third-order valence-electron chi connectivity index (χ3n) is 4.87. The molecule has 6 heteroatoms. The number of methoxy groups -OCH3 is 1. The molecule has 0 aliphatic heterocycles. The van der Waals surface area contributed by atoms with Crippen molar-refractivity contribution in [1.82, 2.24) is 10.1 Å². The second-order valence-electron chi connectivity index (χ2n) is 6.93. The minimum Gasteiger partial charge on any atom is -0.497 e. The predicted octanol–water partition coefficient (Wildman–Crippen LogP) is 5.38. The third kappa shape index (κ3) is 4.59. The average Bonchev–Trinajstić information content (AvgIpc) is 3.30. The number of nitrogens with zero attached hydrogens (tertiary/aromatic N) is 2. The van der Waals surface area contributed by atoms with Gasteiger partial charge in [-0.1, -0.05) is 48.1 Å². The van der Waals surface area contributed by atoms with Gasteiger partial charge < -0.3 is 9.26 Å². The zero-order chi connectivity index (χ0) is 21.8. The van der Waals surface area contributed by atoms with Crippen LogP contribution in [0.25, 0.3) is 28.4 Å². The highest BCUT2D eigenvalue weighted by molar-refractivity contribution is 6.20. The first kappa shape index (κ1) is 20.2. The van der Waals surface area contributed by atoms with Crippen LogP contribution < -0.4 is 4.74 Å². The number of Topliss-reactive ketones (excluding diaryl/α,β-unsaturated/α-hetero) is 1. The Kier molecular flexibility index (Phi) is 5.71. The Labute approximate surface area is 178 Å². The lowest BCUT2D eigenvalue weighted by atomic mass is 9.97. The van der Waals surface area contributed by atoms with Crippen LogP contribution >= 0.6 is 0 Å². The van der Waals surface area contributed by atoms with Gasteiger partial charge in [-0.3, -0.25) is 4.79 Å². The molecule has 3 aromatic carbocycles. The van der Waals surface area contributed by atoms with Gasteiger partial charge in [0.05, 0.1) is 7.11 Å². The molecule has 0 aliphatic rings. The van der Waals surface area contributed by atoms with Crippen LogP contribution in [0.3, 0.4) is 0 Å². The number of carbonyl (C=O) groups is 1. The third-order valence-corrected chi connectivity index (χ3v) is 4.87. The summed E-state index contributed by atoms with van der Waals surface area (Å²) in [5.41, 5.74) is 3.42. The van der Waals surface area contributed by atoms with Crippen LogP contribution in [-0.4, -0.2) is 23.0 Å². The molecule has 0 spiro atoms. The van der Waals surface area contributed by atoms with E-state index in [0.29, 0.717) is 22.9 Å². The molecule has 0 saturated heterocycles. The summed E-state index contributed by atoms with van der Waals surface area (Å²) in [6.45, 7) is 3.95. The first-order chi connectivity index (χ1) is 15.0. The van der Waals surface area contributed by atoms with E-state index in [1.165, 1.54) is 12.1 Å². The van der Waals surface area contributed by atoms with Crippen molar-refractivity contribution in [1.29, 1.82) is 0 Å². The van der Waals surface area contributed by atoms with Crippen LogP contribution in [0, 0.1) is 5.82 Å². The monoisotopic (exact) mass is 414 g/mol. The Morgan fingerprint density at radius 2 is 1.61 bits per heavy atom. The van der Waals surface area contributed by atoms with Crippen molar-refractivity contribution >= 4 is 11.4 Å². The molecule has 0 saturated carbocycles. The Morgan fingerprint density at radius 1 is 0.968 bits per heavy atom. The summed E-state index contributed by atoms with van der Waals surface area (Å²) in [7, 11) is 1.60. The highest BCUT2D eigenvalue weighted by Gasteiger charge is 2.14. The van der Waals surface area contributed by atoms with Crippen molar-refractivity contribution in [3.05, 3.63) is 96.3 Å². The Bertz CT molecular complexity index is 1210. The molecule has 0 aliphatic carbocycles. The molecule has 0 unspecified atom stereocenters. The fourth-order valence-electron chi connectivity index (χ4n) is 3.07. The lowest BCUT2D eigenvalue weighted by molar-refractivity contribution is -0.113. The summed E-state index contributed by atoms with van der Waals surface area (Å²) in [4.78, 5) is 17.0.